The summed E-state index contributed by atoms with van der Waals surface area (Å²) in [6.07, 6.45) is -4.54. The summed E-state index contributed by atoms with van der Waals surface area (Å²) in [5.74, 6) is -0.554. The second-order valence-electron chi connectivity index (χ2n) is 6.46. The quantitative estimate of drug-likeness (QED) is 0.856. The summed E-state index contributed by atoms with van der Waals surface area (Å²) in [4.78, 5) is 16.3. The van der Waals surface area contributed by atoms with Crippen LogP contribution in [0.3, 0.4) is 0 Å². The fourth-order valence-electron chi connectivity index (χ4n) is 3.08. The number of nitrogens with zero attached hydrogens (tertiary/aromatic N) is 2. The predicted molar refractivity (Wildman–Crippen MR) is 89.6 cm³/mol. The first kappa shape index (κ1) is 20.0. The molecule has 140 valence electrons. The van der Waals surface area contributed by atoms with Crippen LogP contribution in [0.15, 0.2) is 18.2 Å². The van der Waals surface area contributed by atoms with Crippen molar-refractivity contribution in [2.24, 2.45) is 11.8 Å². The molecule has 1 aliphatic rings. The number of carbonyl (C=O) groups is 1. The fourth-order valence-corrected chi connectivity index (χ4v) is 3.28. The van der Waals surface area contributed by atoms with E-state index in [1.807, 2.05) is 14.0 Å². The van der Waals surface area contributed by atoms with E-state index in [9.17, 15) is 23.1 Å². The molecule has 0 aromatic heterocycles. The number of halogens is 4. The van der Waals surface area contributed by atoms with Crippen LogP contribution in [0.25, 0.3) is 0 Å². The first-order valence-corrected chi connectivity index (χ1v) is 8.50. The molecule has 0 spiro atoms. The van der Waals surface area contributed by atoms with Crippen molar-refractivity contribution in [3.63, 3.8) is 0 Å². The molecule has 25 heavy (non-hydrogen) atoms. The van der Waals surface area contributed by atoms with Gasteiger partial charge in [-0.25, -0.2) is 0 Å². The summed E-state index contributed by atoms with van der Waals surface area (Å²) >= 11 is 5.96. The molecule has 1 N–H and O–H groups in total. The topological polar surface area (TPSA) is 43.8 Å². The number of aliphatic hydroxyl groups excluding tert-OH is 1. The highest BCUT2D eigenvalue weighted by Gasteiger charge is 2.37. The van der Waals surface area contributed by atoms with Crippen LogP contribution in [0.4, 0.5) is 13.2 Å². The van der Waals surface area contributed by atoms with E-state index >= 15 is 0 Å². The van der Waals surface area contributed by atoms with Crippen molar-refractivity contribution in [1.82, 2.24) is 9.80 Å². The standard InChI is InChI=1S/C17H22ClF3N2O2/c1-3-22(2)7-11-8-23(9-12(11)10-24)16(25)14-6-13(17(19,20)21)4-5-15(14)18/h4-6,11-12,24H,3,7-10H2,1-2H3/t11-,12-/m1/s1. The summed E-state index contributed by atoms with van der Waals surface area (Å²) in [5.41, 5.74) is -1.06. The summed E-state index contributed by atoms with van der Waals surface area (Å²) in [6, 6.07) is 2.75. The first-order valence-electron chi connectivity index (χ1n) is 8.12. The lowest BCUT2D eigenvalue weighted by Gasteiger charge is -2.22. The van der Waals surface area contributed by atoms with Crippen molar-refractivity contribution in [3.05, 3.63) is 34.3 Å². The average Bonchev–Trinajstić information content (AvgIpc) is 2.96. The van der Waals surface area contributed by atoms with Gasteiger partial charge in [0.15, 0.2) is 0 Å². The van der Waals surface area contributed by atoms with Gasteiger partial charge in [0.2, 0.25) is 0 Å². The van der Waals surface area contributed by atoms with Crippen LogP contribution >= 0.6 is 11.6 Å². The van der Waals surface area contributed by atoms with Gasteiger partial charge in [0.05, 0.1) is 16.1 Å². The molecule has 1 aromatic rings. The Bertz CT molecular complexity index is 624. The van der Waals surface area contributed by atoms with Crippen molar-refractivity contribution in [2.45, 2.75) is 13.1 Å². The van der Waals surface area contributed by atoms with Gasteiger partial charge < -0.3 is 14.9 Å². The van der Waals surface area contributed by atoms with Crippen molar-refractivity contribution >= 4 is 17.5 Å². The Kier molecular flexibility index (Phi) is 6.35. The van der Waals surface area contributed by atoms with E-state index in [0.29, 0.717) is 19.6 Å². The zero-order chi connectivity index (χ0) is 18.8. The van der Waals surface area contributed by atoms with E-state index in [4.69, 9.17) is 11.6 Å². The minimum absolute atomic E-state index is 0.00678. The van der Waals surface area contributed by atoms with Crippen LogP contribution < -0.4 is 0 Å². The molecule has 1 saturated heterocycles. The van der Waals surface area contributed by atoms with Crippen LogP contribution in [0.1, 0.15) is 22.8 Å². The van der Waals surface area contributed by atoms with E-state index in [1.54, 1.807) is 0 Å². The van der Waals surface area contributed by atoms with Gasteiger partial charge in [0, 0.05) is 32.2 Å². The molecule has 0 bridgehead atoms. The Hall–Kier alpha value is -1.31. The second kappa shape index (κ2) is 7.93. The highest BCUT2D eigenvalue weighted by atomic mass is 35.5. The van der Waals surface area contributed by atoms with Crippen molar-refractivity contribution in [1.29, 1.82) is 0 Å². The maximum atomic E-state index is 12.9. The maximum Gasteiger partial charge on any atom is 0.416 e. The SMILES string of the molecule is CCN(C)C[C@@H]1CN(C(=O)c2cc(C(F)(F)F)ccc2Cl)C[C@@H]1CO. The molecule has 1 amide bonds. The maximum absolute atomic E-state index is 12.9. The first-order chi connectivity index (χ1) is 11.7. The Morgan fingerprint density at radius 2 is 2.00 bits per heavy atom. The third-order valence-electron chi connectivity index (χ3n) is 4.71. The zero-order valence-electron chi connectivity index (χ0n) is 14.2. The predicted octanol–water partition coefficient (Wildman–Crippen LogP) is 2.99. The molecule has 0 aliphatic carbocycles. The highest BCUT2D eigenvalue weighted by molar-refractivity contribution is 6.33. The number of hydrogen-bond donors (Lipinski definition) is 1. The third kappa shape index (κ3) is 4.65. The monoisotopic (exact) mass is 378 g/mol. The van der Waals surface area contributed by atoms with E-state index in [2.05, 4.69) is 4.90 Å². The summed E-state index contributed by atoms with van der Waals surface area (Å²) in [7, 11) is 1.95. The Balaban J connectivity index is 2.21. The molecule has 4 nitrogen and oxygen atoms in total. The molecular formula is C17H22ClF3N2O2. The van der Waals surface area contributed by atoms with E-state index in [1.165, 1.54) is 4.90 Å². The smallest absolute Gasteiger partial charge is 0.396 e. The molecule has 0 unspecified atom stereocenters. The van der Waals surface area contributed by atoms with Crippen molar-refractivity contribution in [3.8, 4) is 0 Å². The molecule has 1 heterocycles. The molecule has 1 aliphatic heterocycles. The molecule has 0 saturated carbocycles. The molecule has 2 atom stereocenters. The zero-order valence-corrected chi connectivity index (χ0v) is 14.9. The van der Waals surface area contributed by atoms with E-state index in [0.717, 1.165) is 24.7 Å². The van der Waals surface area contributed by atoms with Gasteiger partial charge in [0.1, 0.15) is 0 Å². The van der Waals surface area contributed by atoms with Crippen molar-refractivity contribution < 1.29 is 23.1 Å². The van der Waals surface area contributed by atoms with Gasteiger partial charge in [0.25, 0.3) is 5.91 Å². The number of rotatable bonds is 5. The molecule has 8 heteroatoms. The van der Waals surface area contributed by atoms with E-state index in [-0.39, 0.29) is 29.0 Å². The van der Waals surface area contributed by atoms with Crippen LogP contribution in [-0.2, 0) is 6.18 Å². The van der Waals surface area contributed by atoms with Gasteiger partial charge in [-0.05, 0) is 37.7 Å². The van der Waals surface area contributed by atoms with Crippen LogP contribution in [-0.4, -0.2) is 60.6 Å². The number of aliphatic hydroxyl groups is 1. The third-order valence-corrected chi connectivity index (χ3v) is 5.04. The molecule has 0 radical (unpaired) electrons. The summed E-state index contributed by atoms with van der Waals surface area (Å²) in [5, 5.41) is 9.56. The second-order valence-corrected chi connectivity index (χ2v) is 6.87. The van der Waals surface area contributed by atoms with Gasteiger partial charge in [-0.1, -0.05) is 18.5 Å². The fraction of sp³-hybridized carbons (Fsp3) is 0.588. The lowest BCUT2D eigenvalue weighted by atomic mass is 9.96. The lowest BCUT2D eigenvalue weighted by Crippen LogP contribution is -2.32. The van der Waals surface area contributed by atoms with Crippen LogP contribution in [0.2, 0.25) is 5.02 Å². The van der Waals surface area contributed by atoms with Gasteiger partial charge in [-0.2, -0.15) is 13.2 Å². The summed E-state index contributed by atoms with van der Waals surface area (Å²) < 4.78 is 38.7. The largest absolute Gasteiger partial charge is 0.416 e. The van der Waals surface area contributed by atoms with Crippen molar-refractivity contribution in [2.75, 3.05) is 39.8 Å². The van der Waals surface area contributed by atoms with Gasteiger partial charge in [-0.15, -0.1) is 0 Å². The van der Waals surface area contributed by atoms with Gasteiger partial charge >= 0.3 is 6.18 Å². The van der Waals surface area contributed by atoms with Gasteiger partial charge in [-0.3, -0.25) is 4.79 Å². The molecule has 1 fully saturated rings. The minimum Gasteiger partial charge on any atom is -0.396 e. The number of alkyl halides is 3. The summed E-state index contributed by atoms with van der Waals surface area (Å²) in [6.45, 7) is 4.19. The Labute approximate surface area is 150 Å². The number of hydrogen-bond acceptors (Lipinski definition) is 3. The number of benzene rings is 1. The Morgan fingerprint density at radius 3 is 2.56 bits per heavy atom. The minimum atomic E-state index is -4.54. The van der Waals surface area contributed by atoms with Crippen LogP contribution in [0.5, 0.6) is 0 Å². The molecule has 2 rings (SSSR count). The lowest BCUT2D eigenvalue weighted by molar-refractivity contribution is -0.137. The molecule has 1 aromatic carbocycles. The van der Waals surface area contributed by atoms with Crippen LogP contribution in [0, 0.1) is 11.8 Å². The molecular weight excluding hydrogens is 357 g/mol. The number of likely N-dealkylation sites (tertiary alicyclic amines) is 1. The highest BCUT2D eigenvalue weighted by Crippen LogP contribution is 2.33. The number of amides is 1. The normalized spacial score (nSPS) is 21.2. The number of carbonyl (C=O) groups excluding carboxylic acids is 1. The van der Waals surface area contributed by atoms with E-state index < -0.39 is 17.6 Å². The Morgan fingerprint density at radius 1 is 1.36 bits per heavy atom. The average molecular weight is 379 g/mol.